The van der Waals surface area contributed by atoms with Gasteiger partial charge < -0.3 is 4.90 Å². The SMILES string of the molecule is CC(C)(c1ccccc1)c1cccc(-c2cccc(-c3ccc(N(c4ccc(-c5cccc(-c6ccccc6)c5)cc4)c4ccc(-c5cccc(-c6cccc(-c7ccccc7)c6)c5)cc4)cc3)c2)c1. The lowest BCUT2D eigenvalue weighted by atomic mass is 9.77. The third-order valence-electron chi connectivity index (χ3n) is 13.8. The van der Waals surface area contributed by atoms with Crippen molar-refractivity contribution >= 4 is 17.1 Å². The molecule has 0 saturated heterocycles. The van der Waals surface area contributed by atoms with E-state index in [0.717, 1.165) is 17.1 Å². The van der Waals surface area contributed by atoms with Crippen LogP contribution >= 0.6 is 0 Å². The summed E-state index contributed by atoms with van der Waals surface area (Å²) in [4.78, 5) is 2.36. The second-order valence-corrected chi connectivity index (χ2v) is 18.6. The Morgan fingerprint density at radius 3 is 0.757 bits per heavy atom. The largest absolute Gasteiger partial charge is 0.311 e. The van der Waals surface area contributed by atoms with E-state index in [1.54, 1.807) is 0 Å². The molecule has 0 radical (unpaired) electrons. The third kappa shape index (κ3) is 9.26. The van der Waals surface area contributed by atoms with Gasteiger partial charge in [-0.3, -0.25) is 0 Å². The minimum Gasteiger partial charge on any atom is -0.311 e. The van der Waals surface area contributed by atoms with Crippen LogP contribution in [0.1, 0.15) is 25.0 Å². The molecule has 0 atom stereocenters. The van der Waals surface area contributed by atoms with E-state index >= 15 is 0 Å². The zero-order valence-corrected chi connectivity index (χ0v) is 39.6. The van der Waals surface area contributed by atoms with E-state index in [2.05, 4.69) is 304 Å². The molecule has 0 saturated carbocycles. The van der Waals surface area contributed by atoms with Crippen LogP contribution in [0, 0.1) is 0 Å². The average molecular weight is 896 g/mol. The van der Waals surface area contributed by atoms with E-state index < -0.39 is 0 Å². The Labute approximate surface area is 413 Å². The van der Waals surface area contributed by atoms with Gasteiger partial charge in [0, 0.05) is 22.5 Å². The van der Waals surface area contributed by atoms with Crippen molar-refractivity contribution in [3.63, 3.8) is 0 Å². The van der Waals surface area contributed by atoms with Gasteiger partial charge in [-0.05, 0) is 150 Å². The molecule has 70 heavy (non-hydrogen) atoms. The van der Waals surface area contributed by atoms with E-state index in [4.69, 9.17) is 0 Å². The number of hydrogen-bond donors (Lipinski definition) is 0. The summed E-state index contributed by atoms with van der Waals surface area (Å²) in [6.07, 6.45) is 0. The van der Waals surface area contributed by atoms with E-state index in [-0.39, 0.29) is 5.41 Å². The van der Waals surface area contributed by atoms with Crippen molar-refractivity contribution in [1.82, 2.24) is 0 Å². The molecule has 11 aromatic carbocycles. The molecule has 0 spiro atoms. The van der Waals surface area contributed by atoms with Crippen molar-refractivity contribution in [1.29, 1.82) is 0 Å². The van der Waals surface area contributed by atoms with Crippen LogP contribution < -0.4 is 4.90 Å². The molecular formula is C69H53N. The summed E-state index contributed by atoms with van der Waals surface area (Å²) in [5.41, 5.74) is 22.5. The molecule has 0 heterocycles. The van der Waals surface area contributed by atoms with Crippen molar-refractivity contribution < 1.29 is 0 Å². The lowest BCUT2D eigenvalue weighted by Crippen LogP contribution is -2.18. The van der Waals surface area contributed by atoms with Gasteiger partial charge >= 0.3 is 0 Å². The Balaban J connectivity index is 0.910. The zero-order valence-electron chi connectivity index (χ0n) is 39.6. The van der Waals surface area contributed by atoms with Gasteiger partial charge in [-0.25, -0.2) is 0 Å². The summed E-state index contributed by atoms with van der Waals surface area (Å²) in [7, 11) is 0. The highest BCUT2D eigenvalue weighted by molar-refractivity contribution is 5.83. The van der Waals surface area contributed by atoms with Crippen molar-refractivity contribution in [3.8, 4) is 77.9 Å². The Morgan fingerprint density at radius 1 is 0.200 bits per heavy atom. The van der Waals surface area contributed by atoms with Crippen LogP contribution in [0.25, 0.3) is 77.9 Å². The molecule has 0 aliphatic heterocycles. The van der Waals surface area contributed by atoms with Crippen LogP contribution in [0.3, 0.4) is 0 Å². The molecule has 0 aliphatic carbocycles. The fraction of sp³-hybridized carbons (Fsp3) is 0.0435. The molecule has 0 aliphatic rings. The van der Waals surface area contributed by atoms with Crippen LogP contribution in [0.5, 0.6) is 0 Å². The van der Waals surface area contributed by atoms with Crippen molar-refractivity contribution in [2.45, 2.75) is 19.3 Å². The Bertz CT molecular complexity index is 3520. The van der Waals surface area contributed by atoms with Crippen LogP contribution in [0.4, 0.5) is 17.1 Å². The summed E-state index contributed by atoms with van der Waals surface area (Å²) in [6.45, 7) is 4.62. The van der Waals surface area contributed by atoms with E-state index in [9.17, 15) is 0 Å². The maximum atomic E-state index is 2.36. The maximum Gasteiger partial charge on any atom is 0.0462 e. The first-order chi connectivity index (χ1) is 34.4. The monoisotopic (exact) mass is 895 g/mol. The normalized spacial score (nSPS) is 11.3. The van der Waals surface area contributed by atoms with Crippen LogP contribution in [0.2, 0.25) is 0 Å². The number of rotatable bonds is 12. The first kappa shape index (κ1) is 43.8. The second-order valence-electron chi connectivity index (χ2n) is 18.6. The highest BCUT2D eigenvalue weighted by Crippen LogP contribution is 2.40. The number of benzene rings is 11. The molecule has 11 aromatic rings. The third-order valence-corrected chi connectivity index (χ3v) is 13.8. The smallest absolute Gasteiger partial charge is 0.0462 e. The van der Waals surface area contributed by atoms with Crippen LogP contribution in [-0.4, -0.2) is 0 Å². The number of hydrogen-bond acceptors (Lipinski definition) is 1. The highest BCUT2D eigenvalue weighted by atomic mass is 15.1. The number of anilines is 3. The van der Waals surface area contributed by atoms with E-state index in [1.165, 1.54) is 89.0 Å². The Hall–Kier alpha value is -8.78. The first-order valence-electron chi connectivity index (χ1n) is 24.2. The second kappa shape index (κ2) is 19.4. The van der Waals surface area contributed by atoms with Crippen molar-refractivity contribution in [2.75, 3.05) is 4.90 Å². The molecule has 0 amide bonds. The molecule has 0 bridgehead atoms. The van der Waals surface area contributed by atoms with Gasteiger partial charge in [0.2, 0.25) is 0 Å². The van der Waals surface area contributed by atoms with Crippen molar-refractivity contribution in [3.05, 3.63) is 296 Å². The molecule has 1 heteroatoms. The maximum absolute atomic E-state index is 2.36. The topological polar surface area (TPSA) is 3.24 Å². The summed E-state index contributed by atoms with van der Waals surface area (Å²) in [6, 6.07) is 103. The summed E-state index contributed by atoms with van der Waals surface area (Å²) in [5, 5.41) is 0. The molecule has 0 unspecified atom stereocenters. The lowest BCUT2D eigenvalue weighted by Gasteiger charge is -2.26. The fourth-order valence-corrected chi connectivity index (χ4v) is 9.74. The fourth-order valence-electron chi connectivity index (χ4n) is 9.74. The van der Waals surface area contributed by atoms with Crippen LogP contribution in [-0.2, 0) is 5.41 Å². The predicted octanol–water partition coefficient (Wildman–Crippen LogP) is 19.2. The van der Waals surface area contributed by atoms with Crippen LogP contribution in [0.15, 0.2) is 285 Å². The van der Waals surface area contributed by atoms with E-state index in [1.807, 2.05) is 0 Å². The zero-order chi connectivity index (χ0) is 47.3. The van der Waals surface area contributed by atoms with E-state index in [0.29, 0.717) is 0 Å². The minimum atomic E-state index is -0.119. The van der Waals surface area contributed by atoms with Crippen molar-refractivity contribution in [2.24, 2.45) is 0 Å². The molecule has 1 nitrogen and oxygen atoms in total. The number of nitrogens with zero attached hydrogens (tertiary/aromatic N) is 1. The average Bonchev–Trinajstić information content (AvgIpc) is 3.44. The molecule has 334 valence electrons. The predicted molar refractivity (Wildman–Crippen MR) is 298 cm³/mol. The minimum absolute atomic E-state index is 0.119. The quantitative estimate of drug-likeness (QED) is 0.118. The highest BCUT2D eigenvalue weighted by Gasteiger charge is 2.23. The molecule has 0 fully saturated rings. The van der Waals surface area contributed by atoms with Gasteiger partial charge in [0.25, 0.3) is 0 Å². The van der Waals surface area contributed by atoms with Gasteiger partial charge in [-0.15, -0.1) is 0 Å². The Kier molecular flexibility index (Phi) is 12.2. The standard InChI is InChI=1S/C69H53N/c1-69(2,64-30-10-5-11-31-64)65-32-16-29-63(49-65)62-28-15-25-59(48-62)54-37-43-68(44-38-54)70(66-39-33-52(34-40-66)57-23-12-21-55(45-57)50-17-6-3-7-18-50)67-41-35-53(36-42-67)58-24-14-27-61(47-58)60-26-13-22-56(46-60)51-19-8-4-9-20-51/h3-49H,1-2H3. The van der Waals surface area contributed by atoms with Gasteiger partial charge in [-0.1, -0.05) is 238 Å². The summed E-state index contributed by atoms with van der Waals surface area (Å²) >= 11 is 0. The molecule has 0 aromatic heterocycles. The summed E-state index contributed by atoms with van der Waals surface area (Å²) < 4.78 is 0. The van der Waals surface area contributed by atoms with Gasteiger partial charge in [-0.2, -0.15) is 0 Å². The van der Waals surface area contributed by atoms with Gasteiger partial charge in [0.05, 0.1) is 0 Å². The van der Waals surface area contributed by atoms with Gasteiger partial charge in [0.15, 0.2) is 0 Å². The first-order valence-corrected chi connectivity index (χ1v) is 24.2. The Morgan fingerprint density at radius 2 is 0.429 bits per heavy atom. The van der Waals surface area contributed by atoms with Gasteiger partial charge in [0.1, 0.15) is 0 Å². The molecular weight excluding hydrogens is 843 g/mol. The summed E-state index contributed by atoms with van der Waals surface area (Å²) in [5.74, 6) is 0. The molecule has 11 rings (SSSR count). The molecule has 0 N–H and O–H groups in total. The lowest BCUT2D eigenvalue weighted by molar-refractivity contribution is 0.641.